The van der Waals surface area contributed by atoms with Crippen LogP contribution in [0.5, 0.6) is 0 Å². The molecule has 3 aromatic rings. The summed E-state index contributed by atoms with van der Waals surface area (Å²) in [5.74, 6) is 1.21. The second kappa shape index (κ2) is 6.62. The van der Waals surface area contributed by atoms with Gasteiger partial charge in [-0.2, -0.15) is 0 Å². The number of anilines is 1. The third-order valence-electron chi connectivity index (χ3n) is 3.69. The molecule has 2 heterocycles. The number of rotatable bonds is 4. The Hall–Kier alpha value is -3.02. The fourth-order valence-electron chi connectivity index (χ4n) is 2.46. The van der Waals surface area contributed by atoms with Gasteiger partial charge in [-0.1, -0.05) is 12.1 Å². The number of hydrogen-bond donors (Lipinski definition) is 1. The van der Waals surface area contributed by atoms with Gasteiger partial charge in [-0.25, -0.2) is 9.97 Å². The van der Waals surface area contributed by atoms with Crippen LogP contribution in [0.3, 0.4) is 0 Å². The Morgan fingerprint density at radius 1 is 1.12 bits per heavy atom. The first-order valence-corrected chi connectivity index (χ1v) is 7.71. The Kier molecular flexibility index (Phi) is 4.37. The Bertz CT molecular complexity index is 864. The molecule has 0 saturated carbocycles. The minimum Gasteiger partial charge on any atom is -0.358 e. The van der Waals surface area contributed by atoms with E-state index in [1.165, 1.54) is 0 Å². The van der Waals surface area contributed by atoms with Gasteiger partial charge in [-0.3, -0.25) is 9.78 Å². The minimum atomic E-state index is -0.389. The fourth-order valence-corrected chi connectivity index (χ4v) is 2.46. The van der Waals surface area contributed by atoms with Crippen molar-refractivity contribution in [1.82, 2.24) is 19.9 Å². The second-order valence-corrected chi connectivity index (χ2v) is 5.75. The van der Waals surface area contributed by atoms with Gasteiger partial charge in [0.05, 0.1) is 5.52 Å². The Labute approximate surface area is 140 Å². The molecular formula is C18H19N5O. The van der Waals surface area contributed by atoms with E-state index in [1.807, 2.05) is 43.3 Å². The topological polar surface area (TPSA) is 71.0 Å². The van der Waals surface area contributed by atoms with Gasteiger partial charge in [0.15, 0.2) is 5.82 Å². The number of amides is 1. The standard InChI is InChI=1S/C18H19N5O/c1-12(18(24)23(2)3)20-17-14-8-4-5-9-15(14)21-16(22-17)13-7-6-10-19-11-13/h4-12H,1-3H3,(H,20,21,22). The zero-order valence-corrected chi connectivity index (χ0v) is 13.9. The highest BCUT2D eigenvalue weighted by Gasteiger charge is 2.17. The number of aromatic nitrogens is 3. The number of nitrogens with zero attached hydrogens (tertiary/aromatic N) is 4. The summed E-state index contributed by atoms with van der Waals surface area (Å²) in [5.41, 5.74) is 1.65. The molecule has 0 bridgehead atoms. The first kappa shape index (κ1) is 15.9. The van der Waals surface area contributed by atoms with Gasteiger partial charge in [0.1, 0.15) is 11.9 Å². The molecule has 0 spiro atoms. The lowest BCUT2D eigenvalue weighted by Crippen LogP contribution is -2.36. The first-order chi connectivity index (χ1) is 11.6. The zero-order chi connectivity index (χ0) is 17.1. The molecule has 6 nitrogen and oxygen atoms in total. The molecule has 6 heteroatoms. The van der Waals surface area contributed by atoms with E-state index < -0.39 is 0 Å². The SMILES string of the molecule is CC(Nc1nc(-c2cccnc2)nc2ccccc12)C(=O)N(C)C. The first-order valence-electron chi connectivity index (χ1n) is 7.71. The Morgan fingerprint density at radius 2 is 1.92 bits per heavy atom. The van der Waals surface area contributed by atoms with Crippen LogP contribution >= 0.6 is 0 Å². The van der Waals surface area contributed by atoms with Crippen LogP contribution in [-0.4, -0.2) is 45.9 Å². The number of likely N-dealkylation sites (N-methyl/N-ethyl adjacent to an activating group) is 1. The molecule has 0 radical (unpaired) electrons. The number of carbonyl (C=O) groups is 1. The predicted octanol–water partition coefficient (Wildman–Crippen LogP) is 2.58. The maximum atomic E-state index is 12.1. The summed E-state index contributed by atoms with van der Waals surface area (Å²) >= 11 is 0. The van der Waals surface area contributed by atoms with Gasteiger partial charge in [0.2, 0.25) is 5.91 Å². The summed E-state index contributed by atoms with van der Waals surface area (Å²) in [6, 6.07) is 11.1. The molecule has 1 unspecified atom stereocenters. The van der Waals surface area contributed by atoms with Crippen molar-refractivity contribution in [3.05, 3.63) is 48.8 Å². The lowest BCUT2D eigenvalue weighted by atomic mass is 10.2. The average molecular weight is 321 g/mol. The van der Waals surface area contributed by atoms with E-state index in [2.05, 4.69) is 20.3 Å². The van der Waals surface area contributed by atoms with Gasteiger partial charge in [0, 0.05) is 37.4 Å². The molecule has 0 saturated heterocycles. The molecule has 2 aromatic heterocycles. The van der Waals surface area contributed by atoms with Crippen molar-refractivity contribution in [3.63, 3.8) is 0 Å². The summed E-state index contributed by atoms with van der Waals surface area (Å²) in [4.78, 5) is 27.1. The van der Waals surface area contributed by atoms with E-state index in [9.17, 15) is 4.79 Å². The lowest BCUT2D eigenvalue weighted by molar-refractivity contribution is -0.129. The van der Waals surface area contributed by atoms with Gasteiger partial charge >= 0.3 is 0 Å². The van der Waals surface area contributed by atoms with Crippen LogP contribution in [0.1, 0.15) is 6.92 Å². The monoisotopic (exact) mass is 321 g/mol. The number of fused-ring (bicyclic) bond motifs is 1. The van der Waals surface area contributed by atoms with Gasteiger partial charge in [-0.05, 0) is 31.2 Å². The summed E-state index contributed by atoms with van der Waals surface area (Å²) < 4.78 is 0. The van der Waals surface area contributed by atoms with E-state index >= 15 is 0 Å². The molecular weight excluding hydrogens is 302 g/mol. The van der Waals surface area contributed by atoms with Crippen LogP contribution in [0.25, 0.3) is 22.3 Å². The molecule has 1 atom stereocenters. The summed E-state index contributed by atoms with van der Waals surface area (Å²) in [7, 11) is 3.47. The van der Waals surface area contributed by atoms with Crippen molar-refractivity contribution < 1.29 is 4.79 Å². The number of benzene rings is 1. The molecule has 24 heavy (non-hydrogen) atoms. The number of hydrogen-bond acceptors (Lipinski definition) is 5. The smallest absolute Gasteiger partial charge is 0.244 e. The third-order valence-corrected chi connectivity index (χ3v) is 3.69. The molecule has 122 valence electrons. The number of carbonyl (C=O) groups excluding carboxylic acids is 1. The normalized spacial score (nSPS) is 12.0. The summed E-state index contributed by atoms with van der Waals surface area (Å²) in [5, 5.41) is 4.09. The van der Waals surface area contributed by atoms with Crippen LogP contribution in [0.4, 0.5) is 5.82 Å². The van der Waals surface area contributed by atoms with Crippen LogP contribution in [0.15, 0.2) is 48.8 Å². The number of nitrogens with one attached hydrogen (secondary N) is 1. The van der Waals surface area contributed by atoms with E-state index in [0.29, 0.717) is 11.6 Å². The molecule has 0 aliphatic heterocycles. The van der Waals surface area contributed by atoms with Crippen LogP contribution < -0.4 is 5.32 Å². The summed E-state index contributed by atoms with van der Waals surface area (Å²) in [6.07, 6.45) is 3.43. The Morgan fingerprint density at radius 3 is 2.62 bits per heavy atom. The van der Waals surface area contributed by atoms with Crippen LogP contribution in [0, 0.1) is 0 Å². The number of pyridine rings is 1. The molecule has 3 rings (SSSR count). The highest BCUT2D eigenvalue weighted by Crippen LogP contribution is 2.25. The molecule has 0 fully saturated rings. The largest absolute Gasteiger partial charge is 0.358 e. The second-order valence-electron chi connectivity index (χ2n) is 5.75. The van der Waals surface area contributed by atoms with E-state index in [0.717, 1.165) is 16.5 Å². The summed E-state index contributed by atoms with van der Waals surface area (Å²) in [6.45, 7) is 1.82. The Balaban J connectivity index is 2.07. The maximum absolute atomic E-state index is 12.1. The maximum Gasteiger partial charge on any atom is 0.244 e. The van der Waals surface area contributed by atoms with Crippen LogP contribution in [0.2, 0.25) is 0 Å². The van der Waals surface area contributed by atoms with Crippen molar-refractivity contribution >= 4 is 22.6 Å². The van der Waals surface area contributed by atoms with Crippen molar-refractivity contribution in [2.45, 2.75) is 13.0 Å². The number of para-hydroxylation sites is 1. The van der Waals surface area contributed by atoms with Crippen LogP contribution in [-0.2, 0) is 4.79 Å². The lowest BCUT2D eigenvalue weighted by Gasteiger charge is -2.19. The van der Waals surface area contributed by atoms with Gasteiger partial charge in [0.25, 0.3) is 0 Å². The molecule has 0 aliphatic rings. The molecule has 1 N–H and O–H groups in total. The quantitative estimate of drug-likeness (QED) is 0.800. The highest BCUT2D eigenvalue weighted by atomic mass is 16.2. The van der Waals surface area contributed by atoms with Gasteiger partial charge < -0.3 is 10.2 Å². The third kappa shape index (κ3) is 3.17. The molecule has 1 aromatic carbocycles. The average Bonchev–Trinajstić information content (AvgIpc) is 2.61. The van der Waals surface area contributed by atoms with Gasteiger partial charge in [-0.15, -0.1) is 0 Å². The highest BCUT2D eigenvalue weighted by molar-refractivity contribution is 5.93. The van der Waals surface area contributed by atoms with E-state index in [4.69, 9.17) is 0 Å². The minimum absolute atomic E-state index is 0.0133. The molecule has 1 amide bonds. The zero-order valence-electron chi connectivity index (χ0n) is 13.9. The van der Waals surface area contributed by atoms with Crippen molar-refractivity contribution in [1.29, 1.82) is 0 Å². The van der Waals surface area contributed by atoms with Crippen molar-refractivity contribution in [3.8, 4) is 11.4 Å². The van der Waals surface area contributed by atoms with Crippen molar-refractivity contribution in [2.24, 2.45) is 0 Å². The van der Waals surface area contributed by atoms with Crippen molar-refractivity contribution in [2.75, 3.05) is 19.4 Å². The van der Waals surface area contributed by atoms with E-state index in [-0.39, 0.29) is 11.9 Å². The van der Waals surface area contributed by atoms with E-state index in [1.54, 1.807) is 31.4 Å². The predicted molar refractivity (Wildman–Crippen MR) is 94.5 cm³/mol. The fraction of sp³-hybridized carbons (Fsp3) is 0.222. The molecule has 0 aliphatic carbocycles.